The molecule has 0 aliphatic heterocycles. The van der Waals surface area contributed by atoms with Gasteiger partial charge in [0.05, 0.1) is 17.6 Å². The van der Waals surface area contributed by atoms with Crippen molar-refractivity contribution in [3.8, 4) is 0 Å². The fraction of sp³-hybridized carbons (Fsp3) is 0.0833. The Morgan fingerprint density at radius 3 is 2.29 bits per heavy atom. The van der Waals surface area contributed by atoms with Crippen molar-refractivity contribution in [2.75, 3.05) is 17.1 Å². The second-order valence-corrected chi connectivity index (χ2v) is 6.01. The first kappa shape index (κ1) is 15.1. The first-order chi connectivity index (χ1) is 9.75. The molecule has 9 heteroatoms. The summed E-state index contributed by atoms with van der Waals surface area (Å²) in [5, 5.41) is 0. The van der Waals surface area contributed by atoms with Crippen molar-refractivity contribution in [3.05, 3.63) is 48.0 Å². The summed E-state index contributed by atoms with van der Waals surface area (Å²) < 4.78 is 65.3. The van der Waals surface area contributed by atoms with Gasteiger partial charge in [0.25, 0.3) is 10.0 Å². The van der Waals surface area contributed by atoms with Crippen molar-refractivity contribution in [2.45, 2.75) is 4.90 Å². The van der Waals surface area contributed by atoms with E-state index < -0.39 is 32.4 Å². The van der Waals surface area contributed by atoms with Gasteiger partial charge in [0.1, 0.15) is 17.5 Å². The summed E-state index contributed by atoms with van der Waals surface area (Å²) in [7, 11) is -3.51. The standard InChI is InChI=1S/C12H10F3N3O2S/c1-18(11-2-3-17-6-10(11)16)21(19,20)12-8(14)4-7(13)5-9(12)15/h2-6H,16H2,1H3. The highest BCUT2D eigenvalue weighted by Crippen LogP contribution is 2.29. The Labute approximate surface area is 118 Å². The average molecular weight is 317 g/mol. The topological polar surface area (TPSA) is 76.3 Å². The van der Waals surface area contributed by atoms with Crippen molar-refractivity contribution in [3.63, 3.8) is 0 Å². The Bertz CT molecular complexity index is 773. The number of pyridine rings is 1. The smallest absolute Gasteiger partial charge is 0.270 e. The lowest BCUT2D eigenvalue weighted by atomic mass is 10.3. The van der Waals surface area contributed by atoms with Crippen LogP contribution in [0.3, 0.4) is 0 Å². The molecule has 0 unspecified atom stereocenters. The molecule has 0 aliphatic carbocycles. The minimum atomic E-state index is -4.58. The SMILES string of the molecule is CN(c1ccncc1N)S(=O)(=O)c1c(F)cc(F)cc1F. The number of nitrogen functional groups attached to an aromatic ring is 1. The van der Waals surface area contributed by atoms with Gasteiger partial charge in [0, 0.05) is 25.4 Å². The first-order valence-electron chi connectivity index (χ1n) is 5.58. The average Bonchev–Trinajstić information content (AvgIpc) is 2.36. The summed E-state index contributed by atoms with van der Waals surface area (Å²) in [6.45, 7) is 0. The highest BCUT2D eigenvalue weighted by Gasteiger charge is 2.30. The number of nitrogens with zero attached hydrogens (tertiary/aromatic N) is 2. The molecule has 2 rings (SSSR count). The van der Waals surface area contributed by atoms with Gasteiger partial charge in [-0.1, -0.05) is 0 Å². The molecule has 0 fully saturated rings. The summed E-state index contributed by atoms with van der Waals surface area (Å²) in [5.74, 6) is -4.26. The number of anilines is 2. The van der Waals surface area contributed by atoms with Crippen LogP contribution >= 0.6 is 0 Å². The highest BCUT2D eigenvalue weighted by molar-refractivity contribution is 7.92. The van der Waals surface area contributed by atoms with Crippen LogP contribution in [0.5, 0.6) is 0 Å². The van der Waals surface area contributed by atoms with E-state index in [4.69, 9.17) is 5.73 Å². The van der Waals surface area contributed by atoms with Crippen molar-refractivity contribution < 1.29 is 21.6 Å². The third-order valence-corrected chi connectivity index (χ3v) is 4.57. The van der Waals surface area contributed by atoms with Gasteiger partial charge in [-0.3, -0.25) is 9.29 Å². The zero-order valence-corrected chi connectivity index (χ0v) is 11.5. The van der Waals surface area contributed by atoms with E-state index in [9.17, 15) is 21.6 Å². The number of rotatable bonds is 3. The van der Waals surface area contributed by atoms with Gasteiger partial charge < -0.3 is 5.73 Å². The maximum Gasteiger partial charge on any atom is 0.270 e. The van der Waals surface area contributed by atoms with Gasteiger partial charge in [-0.2, -0.15) is 0 Å². The van der Waals surface area contributed by atoms with Gasteiger partial charge in [-0.15, -0.1) is 0 Å². The minimum Gasteiger partial charge on any atom is -0.396 e. The molecular formula is C12H10F3N3O2S. The summed E-state index contributed by atoms with van der Waals surface area (Å²) in [5.41, 5.74) is 5.58. The number of aromatic nitrogens is 1. The first-order valence-corrected chi connectivity index (χ1v) is 7.02. The molecule has 0 radical (unpaired) electrons. The van der Waals surface area contributed by atoms with Gasteiger partial charge in [0.15, 0.2) is 4.90 Å². The van der Waals surface area contributed by atoms with Gasteiger partial charge >= 0.3 is 0 Å². The van der Waals surface area contributed by atoms with Gasteiger partial charge in [-0.05, 0) is 6.07 Å². The lowest BCUT2D eigenvalue weighted by Gasteiger charge is -2.21. The number of hydrogen-bond acceptors (Lipinski definition) is 4. The summed E-state index contributed by atoms with van der Waals surface area (Å²) in [6, 6.07) is 1.85. The fourth-order valence-corrected chi connectivity index (χ4v) is 3.04. The quantitative estimate of drug-likeness (QED) is 0.938. The van der Waals surface area contributed by atoms with Gasteiger partial charge in [-0.25, -0.2) is 21.6 Å². The van der Waals surface area contributed by atoms with E-state index in [1.165, 1.54) is 18.5 Å². The Hall–Kier alpha value is -2.29. The monoisotopic (exact) mass is 317 g/mol. The molecule has 0 atom stereocenters. The Kier molecular flexibility index (Phi) is 3.77. The number of halogens is 3. The van der Waals surface area contributed by atoms with Crippen molar-refractivity contribution >= 4 is 21.4 Å². The van der Waals surface area contributed by atoms with E-state index in [1.807, 2.05) is 0 Å². The lowest BCUT2D eigenvalue weighted by molar-refractivity contribution is 0.497. The second kappa shape index (κ2) is 5.24. The lowest BCUT2D eigenvalue weighted by Crippen LogP contribution is -2.29. The molecule has 112 valence electrons. The van der Waals surface area contributed by atoms with E-state index in [0.29, 0.717) is 16.4 Å². The molecule has 2 N–H and O–H groups in total. The molecule has 2 aromatic rings. The largest absolute Gasteiger partial charge is 0.396 e. The third kappa shape index (κ3) is 2.64. The number of sulfonamides is 1. The summed E-state index contributed by atoms with van der Waals surface area (Å²) in [4.78, 5) is 2.44. The van der Waals surface area contributed by atoms with Crippen LogP contribution in [0, 0.1) is 17.5 Å². The molecule has 21 heavy (non-hydrogen) atoms. The Morgan fingerprint density at radius 1 is 1.19 bits per heavy atom. The van der Waals surface area contributed by atoms with E-state index in [2.05, 4.69) is 4.98 Å². The van der Waals surface area contributed by atoms with Crippen molar-refractivity contribution in [2.24, 2.45) is 0 Å². The molecule has 0 amide bonds. The van der Waals surface area contributed by atoms with Gasteiger partial charge in [0.2, 0.25) is 0 Å². The number of benzene rings is 1. The Balaban J connectivity index is 2.61. The van der Waals surface area contributed by atoms with Crippen LogP contribution < -0.4 is 10.0 Å². The maximum absolute atomic E-state index is 13.7. The van der Waals surface area contributed by atoms with Crippen LogP contribution in [-0.4, -0.2) is 20.4 Å². The molecule has 0 saturated heterocycles. The fourth-order valence-electron chi connectivity index (χ4n) is 1.73. The predicted octanol–water partition coefficient (Wildman–Crippen LogP) is 1.91. The van der Waals surface area contributed by atoms with Crippen molar-refractivity contribution in [1.82, 2.24) is 4.98 Å². The molecule has 5 nitrogen and oxygen atoms in total. The molecule has 0 bridgehead atoms. The van der Waals surface area contributed by atoms with Crippen molar-refractivity contribution in [1.29, 1.82) is 0 Å². The van der Waals surface area contributed by atoms with E-state index in [0.717, 1.165) is 7.05 Å². The molecule has 1 heterocycles. The molecule has 1 aromatic heterocycles. The summed E-state index contributed by atoms with van der Waals surface area (Å²) >= 11 is 0. The van der Waals surface area contributed by atoms with Crippen LogP contribution in [0.1, 0.15) is 0 Å². The van der Waals surface area contributed by atoms with Crippen LogP contribution in [0.25, 0.3) is 0 Å². The predicted molar refractivity (Wildman–Crippen MR) is 70.6 cm³/mol. The number of nitrogens with two attached hydrogens (primary N) is 1. The van der Waals surface area contributed by atoms with E-state index in [1.54, 1.807) is 0 Å². The number of hydrogen-bond donors (Lipinski definition) is 1. The maximum atomic E-state index is 13.7. The third-order valence-electron chi connectivity index (χ3n) is 2.75. The molecule has 0 spiro atoms. The highest BCUT2D eigenvalue weighted by atomic mass is 32.2. The van der Waals surface area contributed by atoms with E-state index in [-0.39, 0.29) is 11.4 Å². The molecule has 0 aliphatic rings. The summed E-state index contributed by atoms with van der Waals surface area (Å²) in [6.07, 6.45) is 2.47. The van der Waals surface area contributed by atoms with Crippen LogP contribution in [-0.2, 0) is 10.0 Å². The zero-order chi connectivity index (χ0) is 15.8. The van der Waals surface area contributed by atoms with E-state index >= 15 is 0 Å². The van der Waals surface area contributed by atoms with Crippen LogP contribution in [0.4, 0.5) is 24.5 Å². The van der Waals surface area contributed by atoms with Crippen LogP contribution in [0.15, 0.2) is 35.5 Å². The Morgan fingerprint density at radius 2 is 1.76 bits per heavy atom. The molecule has 1 aromatic carbocycles. The van der Waals surface area contributed by atoms with Crippen LogP contribution in [0.2, 0.25) is 0 Å². The normalized spacial score (nSPS) is 11.4. The minimum absolute atomic E-state index is 0.00602. The second-order valence-electron chi connectivity index (χ2n) is 4.11. The molecule has 0 saturated carbocycles. The zero-order valence-electron chi connectivity index (χ0n) is 10.7. The molecular weight excluding hydrogens is 307 g/mol.